The summed E-state index contributed by atoms with van der Waals surface area (Å²) in [7, 11) is 0. The summed E-state index contributed by atoms with van der Waals surface area (Å²) in [5.41, 5.74) is 1.36. The monoisotopic (exact) mass is 234 g/mol. The zero-order valence-electron chi connectivity index (χ0n) is 9.68. The highest BCUT2D eigenvalue weighted by Crippen LogP contribution is 2.16. The molecule has 0 fully saturated rings. The molecule has 0 aliphatic heterocycles. The van der Waals surface area contributed by atoms with Gasteiger partial charge in [-0.25, -0.2) is 4.39 Å². The van der Waals surface area contributed by atoms with E-state index in [1.807, 2.05) is 6.92 Å². The number of rotatable bonds is 4. The van der Waals surface area contributed by atoms with Gasteiger partial charge in [-0.3, -0.25) is 4.68 Å². The van der Waals surface area contributed by atoms with E-state index >= 15 is 0 Å². The average molecular weight is 234 g/mol. The smallest absolute Gasteiger partial charge is 0.128 e. The van der Waals surface area contributed by atoms with Crippen LogP contribution in [-0.2, 0) is 6.54 Å². The van der Waals surface area contributed by atoms with Crippen LogP contribution >= 0.6 is 0 Å². The second-order valence-electron chi connectivity index (χ2n) is 3.99. The molecule has 0 aliphatic rings. The molecule has 0 radical (unpaired) electrons. The maximum atomic E-state index is 13.4. The Bertz CT molecular complexity index is 496. The summed E-state index contributed by atoms with van der Waals surface area (Å²) in [6.45, 7) is 2.28. The predicted molar refractivity (Wildman–Crippen MR) is 63.0 cm³/mol. The van der Waals surface area contributed by atoms with E-state index in [-0.39, 0.29) is 5.82 Å². The number of nitrogens with zero attached hydrogens (tertiary/aromatic N) is 2. The van der Waals surface area contributed by atoms with Crippen molar-refractivity contribution in [3.8, 4) is 0 Å². The molecular formula is C13H15FN2O. The first-order valence-electron chi connectivity index (χ1n) is 5.64. The summed E-state index contributed by atoms with van der Waals surface area (Å²) in [6.07, 6.45) is 3.52. The Morgan fingerprint density at radius 1 is 1.41 bits per heavy atom. The summed E-state index contributed by atoms with van der Waals surface area (Å²) >= 11 is 0. The highest BCUT2D eigenvalue weighted by atomic mass is 19.1. The third-order valence-corrected chi connectivity index (χ3v) is 2.71. The van der Waals surface area contributed by atoms with Crippen LogP contribution in [0.2, 0.25) is 0 Å². The maximum Gasteiger partial charge on any atom is 0.128 e. The van der Waals surface area contributed by atoms with E-state index in [1.54, 1.807) is 35.3 Å². The molecular weight excluding hydrogens is 219 g/mol. The first-order valence-corrected chi connectivity index (χ1v) is 5.64. The van der Waals surface area contributed by atoms with Crippen molar-refractivity contribution in [2.24, 2.45) is 0 Å². The molecule has 0 amide bonds. The highest BCUT2D eigenvalue weighted by Gasteiger charge is 2.08. The standard InChI is InChI=1S/C13H15FN2O/c1-2-13(17)11-7-15-16(9-11)8-10-5-3-4-6-12(10)14/h3-7,9,13,17H,2,8H2,1H3. The first-order chi connectivity index (χ1) is 8.20. The molecule has 1 N–H and O–H groups in total. The van der Waals surface area contributed by atoms with Gasteiger partial charge in [-0.15, -0.1) is 0 Å². The van der Waals surface area contributed by atoms with Crippen molar-refractivity contribution in [2.45, 2.75) is 26.0 Å². The molecule has 1 unspecified atom stereocenters. The number of halogens is 1. The Hall–Kier alpha value is -1.68. The van der Waals surface area contributed by atoms with Gasteiger partial charge >= 0.3 is 0 Å². The Morgan fingerprint density at radius 3 is 2.88 bits per heavy atom. The van der Waals surface area contributed by atoms with Crippen molar-refractivity contribution >= 4 is 0 Å². The van der Waals surface area contributed by atoms with Crippen LogP contribution in [0.3, 0.4) is 0 Å². The Kier molecular flexibility index (Phi) is 3.54. The highest BCUT2D eigenvalue weighted by molar-refractivity contribution is 5.18. The second kappa shape index (κ2) is 5.10. The summed E-state index contributed by atoms with van der Waals surface area (Å²) in [5.74, 6) is -0.236. The van der Waals surface area contributed by atoms with E-state index in [0.29, 0.717) is 18.5 Å². The van der Waals surface area contributed by atoms with Gasteiger partial charge in [-0.05, 0) is 12.5 Å². The fourth-order valence-corrected chi connectivity index (χ4v) is 1.67. The second-order valence-corrected chi connectivity index (χ2v) is 3.99. The zero-order chi connectivity index (χ0) is 12.3. The predicted octanol–water partition coefficient (Wildman–Crippen LogP) is 2.51. The quantitative estimate of drug-likeness (QED) is 0.882. The summed E-state index contributed by atoms with van der Waals surface area (Å²) in [4.78, 5) is 0. The Labute approximate surface area is 99.5 Å². The van der Waals surface area contributed by atoms with Crippen molar-refractivity contribution in [2.75, 3.05) is 0 Å². The van der Waals surface area contributed by atoms with Crippen molar-refractivity contribution < 1.29 is 9.50 Å². The molecule has 0 aliphatic carbocycles. The molecule has 3 nitrogen and oxygen atoms in total. The average Bonchev–Trinajstić information content (AvgIpc) is 2.80. The molecule has 1 heterocycles. The van der Waals surface area contributed by atoms with Crippen molar-refractivity contribution in [1.29, 1.82) is 0 Å². The van der Waals surface area contributed by atoms with E-state index < -0.39 is 6.10 Å². The summed E-state index contributed by atoms with van der Waals surface area (Å²) in [6, 6.07) is 6.62. The number of hydrogen-bond acceptors (Lipinski definition) is 2. The Morgan fingerprint density at radius 2 is 2.18 bits per heavy atom. The van der Waals surface area contributed by atoms with Crippen LogP contribution in [0.1, 0.15) is 30.6 Å². The zero-order valence-corrected chi connectivity index (χ0v) is 9.68. The lowest BCUT2D eigenvalue weighted by atomic mass is 10.1. The third kappa shape index (κ3) is 2.71. The SMILES string of the molecule is CCC(O)c1cnn(Cc2ccccc2F)c1. The van der Waals surface area contributed by atoms with Crippen LogP contribution in [0.5, 0.6) is 0 Å². The molecule has 0 spiro atoms. The van der Waals surface area contributed by atoms with Gasteiger partial charge in [0.15, 0.2) is 0 Å². The molecule has 17 heavy (non-hydrogen) atoms. The van der Waals surface area contributed by atoms with Gasteiger partial charge in [0.1, 0.15) is 5.82 Å². The lowest BCUT2D eigenvalue weighted by molar-refractivity contribution is 0.173. The van der Waals surface area contributed by atoms with E-state index in [0.717, 1.165) is 5.56 Å². The van der Waals surface area contributed by atoms with E-state index in [1.165, 1.54) is 6.07 Å². The molecule has 2 aromatic rings. The molecule has 1 aromatic carbocycles. The molecule has 1 atom stereocenters. The molecule has 0 saturated heterocycles. The first kappa shape index (κ1) is 11.8. The van der Waals surface area contributed by atoms with Crippen LogP contribution in [0.25, 0.3) is 0 Å². The molecule has 0 saturated carbocycles. The maximum absolute atomic E-state index is 13.4. The van der Waals surface area contributed by atoms with Gasteiger partial charge in [0, 0.05) is 17.3 Å². The largest absolute Gasteiger partial charge is 0.388 e. The molecule has 4 heteroatoms. The number of aromatic nitrogens is 2. The van der Waals surface area contributed by atoms with Crippen LogP contribution in [0, 0.1) is 5.82 Å². The normalized spacial score (nSPS) is 12.6. The van der Waals surface area contributed by atoms with Gasteiger partial charge in [0.25, 0.3) is 0 Å². The van der Waals surface area contributed by atoms with Crippen molar-refractivity contribution in [3.05, 3.63) is 53.6 Å². The number of hydrogen-bond donors (Lipinski definition) is 1. The summed E-state index contributed by atoms with van der Waals surface area (Å²) in [5, 5.41) is 13.7. The minimum Gasteiger partial charge on any atom is -0.388 e. The van der Waals surface area contributed by atoms with Gasteiger partial charge in [0.2, 0.25) is 0 Å². The van der Waals surface area contributed by atoms with Gasteiger partial charge in [0.05, 0.1) is 18.8 Å². The topological polar surface area (TPSA) is 38.1 Å². The van der Waals surface area contributed by atoms with Crippen molar-refractivity contribution in [3.63, 3.8) is 0 Å². The van der Waals surface area contributed by atoms with Gasteiger partial charge in [-0.1, -0.05) is 25.1 Å². The molecule has 2 rings (SSSR count). The molecule has 0 bridgehead atoms. The van der Waals surface area contributed by atoms with E-state index in [9.17, 15) is 9.50 Å². The van der Waals surface area contributed by atoms with Gasteiger partial charge in [-0.2, -0.15) is 5.10 Å². The van der Waals surface area contributed by atoms with Crippen LogP contribution in [0.15, 0.2) is 36.7 Å². The van der Waals surface area contributed by atoms with Crippen LogP contribution in [-0.4, -0.2) is 14.9 Å². The minimum atomic E-state index is -0.496. The van der Waals surface area contributed by atoms with Crippen LogP contribution < -0.4 is 0 Å². The van der Waals surface area contributed by atoms with E-state index in [4.69, 9.17) is 0 Å². The lowest BCUT2D eigenvalue weighted by Crippen LogP contribution is -2.02. The molecule has 1 aromatic heterocycles. The fraction of sp³-hybridized carbons (Fsp3) is 0.308. The Balaban J connectivity index is 2.14. The van der Waals surface area contributed by atoms with Crippen LogP contribution in [0.4, 0.5) is 4.39 Å². The molecule has 90 valence electrons. The fourth-order valence-electron chi connectivity index (χ4n) is 1.67. The summed E-state index contributed by atoms with van der Waals surface area (Å²) < 4.78 is 15.0. The van der Waals surface area contributed by atoms with Gasteiger partial charge < -0.3 is 5.11 Å². The number of benzene rings is 1. The minimum absolute atomic E-state index is 0.236. The number of aliphatic hydroxyl groups excluding tert-OH is 1. The van der Waals surface area contributed by atoms with Crippen molar-refractivity contribution in [1.82, 2.24) is 9.78 Å². The third-order valence-electron chi connectivity index (χ3n) is 2.71. The lowest BCUT2D eigenvalue weighted by Gasteiger charge is -2.04. The van der Waals surface area contributed by atoms with E-state index in [2.05, 4.69) is 5.10 Å². The number of aliphatic hydroxyl groups is 1.